The van der Waals surface area contributed by atoms with Crippen molar-refractivity contribution in [2.45, 2.75) is 13.8 Å². The molecule has 136 valence electrons. The molecule has 0 atom stereocenters. The van der Waals surface area contributed by atoms with Gasteiger partial charge in [-0.2, -0.15) is 0 Å². The van der Waals surface area contributed by atoms with Gasteiger partial charge in [-0.05, 0) is 66.8 Å². The summed E-state index contributed by atoms with van der Waals surface area (Å²) in [7, 11) is 0. The Labute approximate surface area is 162 Å². The highest BCUT2D eigenvalue weighted by atomic mass is 32.1. The van der Waals surface area contributed by atoms with Gasteiger partial charge in [-0.25, -0.2) is 0 Å². The third-order valence-corrected chi connectivity index (χ3v) is 4.94. The molecule has 3 rings (SSSR count). The van der Waals surface area contributed by atoms with Crippen molar-refractivity contribution in [3.05, 3.63) is 93.3 Å². The molecular formula is C22H20N2O2S. The maximum absolute atomic E-state index is 12.7. The van der Waals surface area contributed by atoms with E-state index in [2.05, 4.69) is 10.6 Å². The minimum Gasteiger partial charge on any atom is -0.321 e. The van der Waals surface area contributed by atoms with E-state index < -0.39 is 0 Å². The molecule has 0 saturated carbocycles. The van der Waals surface area contributed by atoms with E-state index in [0.717, 1.165) is 16.0 Å². The summed E-state index contributed by atoms with van der Waals surface area (Å²) in [6.07, 6.45) is 1.68. The molecular weight excluding hydrogens is 356 g/mol. The Morgan fingerprint density at radius 1 is 0.926 bits per heavy atom. The quantitative estimate of drug-likeness (QED) is 0.630. The van der Waals surface area contributed by atoms with Crippen LogP contribution in [0.5, 0.6) is 0 Å². The van der Waals surface area contributed by atoms with E-state index in [-0.39, 0.29) is 17.5 Å². The van der Waals surface area contributed by atoms with Crippen molar-refractivity contribution < 1.29 is 9.59 Å². The Hall–Kier alpha value is -3.18. The van der Waals surface area contributed by atoms with Gasteiger partial charge in [-0.3, -0.25) is 9.59 Å². The van der Waals surface area contributed by atoms with E-state index in [1.807, 2.05) is 61.7 Å². The number of rotatable bonds is 5. The highest BCUT2D eigenvalue weighted by Crippen LogP contribution is 2.15. The summed E-state index contributed by atoms with van der Waals surface area (Å²) in [4.78, 5) is 26.3. The third kappa shape index (κ3) is 4.92. The maximum Gasteiger partial charge on any atom is 0.272 e. The van der Waals surface area contributed by atoms with Gasteiger partial charge in [0.25, 0.3) is 11.8 Å². The van der Waals surface area contributed by atoms with E-state index in [1.165, 1.54) is 11.3 Å². The molecule has 0 radical (unpaired) electrons. The van der Waals surface area contributed by atoms with Crippen molar-refractivity contribution in [3.8, 4) is 0 Å². The molecule has 0 spiro atoms. The average Bonchev–Trinajstić information content (AvgIpc) is 3.17. The van der Waals surface area contributed by atoms with Crippen LogP contribution in [0.2, 0.25) is 0 Å². The van der Waals surface area contributed by atoms with Gasteiger partial charge in [0.2, 0.25) is 0 Å². The number of para-hydroxylation sites is 1. The lowest BCUT2D eigenvalue weighted by Crippen LogP contribution is -2.30. The fraction of sp³-hybridized carbons (Fsp3) is 0.0909. The van der Waals surface area contributed by atoms with Crippen molar-refractivity contribution >= 4 is 34.9 Å². The van der Waals surface area contributed by atoms with Crippen LogP contribution in [0.4, 0.5) is 5.69 Å². The number of anilines is 1. The summed E-state index contributed by atoms with van der Waals surface area (Å²) >= 11 is 1.49. The van der Waals surface area contributed by atoms with E-state index in [0.29, 0.717) is 11.3 Å². The van der Waals surface area contributed by atoms with E-state index >= 15 is 0 Å². The Morgan fingerprint density at radius 2 is 1.70 bits per heavy atom. The fourth-order valence-electron chi connectivity index (χ4n) is 2.47. The van der Waals surface area contributed by atoms with Gasteiger partial charge < -0.3 is 10.6 Å². The van der Waals surface area contributed by atoms with Crippen LogP contribution in [0.3, 0.4) is 0 Å². The molecule has 2 aromatic carbocycles. The number of hydrogen-bond acceptors (Lipinski definition) is 3. The Bertz CT molecular complexity index is 977. The van der Waals surface area contributed by atoms with Crippen molar-refractivity contribution in [1.29, 1.82) is 0 Å². The molecule has 0 fully saturated rings. The fourth-order valence-corrected chi connectivity index (χ4v) is 3.13. The van der Waals surface area contributed by atoms with Crippen LogP contribution in [0.1, 0.15) is 26.4 Å². The van der Waals surface area contributed by atoms with Crippen LogP contribution < -0.4 is 10.6 Å². The largest absolute Gasteiger partial charge is 0.321 e. The topological polar surface area (TPSA) is 58.2 Å². The van der Waals surface area contributed by atoms with Crippen LogP contribution in [0, 0.1) is 13.8 Å². The first-order valence-electron chi connectivity index (χ1n) is 8.53. The predicted molar refractivity (Wildman–Crippen MR) is 111 cm³/mol. The van der Waals surface area contributed by atoms with Gasteiger partial charge >= 0.3 is 0 Å². The lowest BCUT2D eigenvalue weighted by Gasteiger charge is -2.11. The molecule has 0 aliphatic rings. The summed E-state index contributed by atoms with van der Waals surface area (Å²) < 4.78 is 0. The van der Waals surface area contributed by atoms with E-state index in [4.69, 9.17) is 0 Å². The van der Waals surface area contributed by atoms with Crippen LogP contribution in [0.15, 0.2) is 71.7 Å². The number of carbonyl (C=O) groups excluding carboxylic acids is 2. The third-order valence-electron chi connectivity index (χ3n) is 4.12. The standard InChI is InChI=1S/C22H20N2O2S/c1-15-10-11-17(13-16(15)2)21(25)24-20(14-19-9-6-12-27-19)22(26)23-18-7-4-3-5-8-18/h3-14H,1-2H3,(H,23,26)(H,24,25). The first-order chi connectivity index (χ1) is 13.0. The number of benzene rings is 2. The number of amides is 2. The molecule has 0 bridgehead atoms. The first kappa shape index (κ1) is 18.6. The Kier molecular flexibility index (Phi) is 5.84. The average molecular weight is 376 g/mol. The minimum atomic E-state index is -0.369. The smallest absolute Gasteiger partial charge is 0.272 e. The number of hydrogen-bond donors (Lipinski definition) is 2. The van der Waals surface area contributed by atoms with E-state index in [1.54, 1.807) is 24.3 Å². The molecule has 0 unspecified atom stereocenters. The molecule has 1 aromatic heterocycles. The van der Waals surface area contributed by atoms with Crippen LogP contribution in [-0.2, 0) is 4.79 Å². The van der Waals surface area contributed by atoms with Crippen LogP contribution >= 0.6 is 11.3 Å². The van der Waals surface area contributed by atoms with Gasteiger partial charge in [-0.15, -0.1) is 11.3 Å². The molecule has 4 nitrogen and oxygen atoms in total. The van der Waals surface area contributed by atoms with Crippen molar-refractivity contribution in [1.82, 2.24) is 5.32 Å². The predicted octanol–water partition coefficient (Wildman–Crippen LogP) is 4.77. The summed E-state index contributed by atoms with van der Waals surface area (Å²) in [6.45, 7) is 3.95. The Balaban J connectivity index is 1.84. The lowest BCUT2D eigenvalue weighted by molar-refractivity contribution is -0.113. The monoisotopic (exact) mass is 376 g/mol. The van der Waals surface area contributed by atoms with Crippen molar-refractivity contribution in [2.75, 3.05) is 5.32 Å². The molecule has 27 heavy (non-hydrogen) atoms. The molecule has 2 N–H and O–H groups in total. The second-order valence-electron chi connectivity index (χ2n) is 6.15. The zero-order valence-corrected chi connectivity index (χ0v) is 16.0. The summed E-state index contributed by atoms with van der Waals surface area (Å²) in [5, 5.41) is 7.49. The molecule has 5 heteroatoms. The minimum absolute atomic E-state index is 0.199. The van der Waals surface area contributed by atoms with Gasteiger partial charge in [0.1, 0.15) is 5.70 Å². The summed E-state index contributed by atoms with van der Waals surface area (Å²) in [6, 6.07) is 18.4. The zero-order chi connectivity index (χ0) is 19.2. The number of nitrogens with one attached hydrogen (secondary N) is 2. The Morgan fingerprint density at radius 3 is 2.37 bits per heavy atom. The second kappa shape index (κ2) is 8.47. The maximum atomic E-state index is 12.7. The molecule has 3 aromatic rings. The SMILES string of the molecule is Cc1ccc(C(=O)NC(=Cc2cccs2)C(=O)Nc2ccccc2)cc1C. The van der Waals surface area contributed by atoms with Crippen molar-refractivity contribution in [2.24, 2.45) is 0 Å². The summed E-state index contributed by atoms with van der Waals surface area (Å²) in [5.74, 6) is -0.684. The molecule has 1 heterocycles. The molecule has 0 aliphatic carbocycles. The highest BCUT2D eigenvalue weighted by Gasteiger charge is 2.15. The van der Waals surface area contributed by atoms with Crippen LogP contribution in [0.25, 0.3) is 6.08 Å². The first-order valence-corrected chi connectivity index (χ1v) is 9.41. The zero-order valence-electron chi connectivity index (χ0n) is 15.2. The van der Waals surface area contributed by atoms with Gasteiger partial charge in [-0.1, -0.05) is 30.3 Å². The molecule has 0 saturated heterocycles. The lowest BCUT2D eigenvalue weighted by atomic mass is 10.1. The summed E-state index contributed by atoms with van der Waals surface area (Å²) in [5.41, 5.74) is 3.52. The van der Waals surface area contributed by atoms with E-state index in [9.17, 15) is 9.59 Å². The van der Waals surface area contributed by atoms with Gasteiger partial charge in [0.05, 0.1) is 0 Å². The number of aryl methyl sites for hydroxylation is 2. The second-order valence-corrected chi connectivity index (χ2v) is 7.13. The molecule has 0 aliphatic heterocycles. The highest BCUT2D eigenvalue weighted by molar-refractivity contribution is 7.10. The molecule has 2 amide bonds. The van der Waals surface area contributed by atoms with Crippen molar-refractivity contribution in [3.63, 3.8) is 0 Å². The van der Waals surface area contributed by atoms with Crippen LogP contribution in [-0.4, -0.2) is 11.8 Å². The normalized spacial score (nSPS) is 11.1. The van der Waals surface area contributed by atoms with Gasteiger partial charge in [0.15, 0.2) is 0 Å². The number of carbonyl (C=O) groups is 2. The van der Waals surface area contributed by atoms with Gasteiger partial charge in [0, 0.05) is 16.1 Å². The number of thiophene rings is 1.